The first-order valence-electron chi connectivity index (χ1n) is 11.0. The van der Waals surface area contributed by atoms with Gasteiger partial charge in [-0.1, -0.05) is 6.07 Å². The van der Waals surface area contributed by atoms with Crippen LogP contribution >= 0.6 is 11.3 Å². The van der Waals surface area contributed by atoms with Crippen LogP contribution in [-0.4, -0.2) is 45.1 Å². The largest absolute Gasteiger partial charge is 0.507 e. The van der Waals surface area contributed by atoms with Gasteiger partial charge in [0.25, 0.3) is 15.9 Å². The molecule has 3 aromatic rings. The second kappa shape index (κ2) is 10.8. The number of hydrogen-bond acceptors (Lipinski definition) is 8. The maximum atomic E-state index is 12.3. The smallest absolute Gasteiger partial charge is 0.342 e. The molecule has 9 nitrogen and oxygen atoms in total. The number of phenolic OH excluding ortho intramolecular Hbond substituents is 1. The van der Waals surface area contributed by atoms with Crippen LogP contribution in [0.1, 0.15) is 29.6 Å². The Labute approximate surface area is 207 Å². The van der Waals surface area contributed by atoms with Crippen molar-refractivity contribution >= 4 is 50.3 Å². The summed E-state index contributed by atoms with van der Waals surface area (Å²) in [6.45, 7) is 1.50. The van der Waals surface area contributed by atoms with Crippen molar-refractivity contribution in [1.29, 1.82) is 0 Å². The molecule has 35 heavy (non-hydrogen) atoms. The van der Waals surface area contributed by atoms with Gasteiger partial charge in [0, 0.05) is 30.5 Å². The van der Waals surface area contributed by atoms with Crippen molar-refractivity contribution < 1.29 is 27.9 Å². The number of piperidine rings is 1. The lowest BCUT2D eigenvalue weighted by molar-refractivity contribution is -0.119. The van der Waals surface area contributed by atoms with E-state index in [2.05, 4.69) is 14.9 Å². The minimum Gasteiger partial charge on any atom is -0.507 e. The third-order valence-electron chi connectivity index (χ3n) is 5.44. The second-order valence-corrected chi connectivity index (χ2v) is 10.8. The van der Waals surface area contributed by atoms with E-state index in [1.807, 2.05) is 12.1 Å². The number of ether oxygens (including phenoxy) is 1. The Morgan fingerprint density at radius 1 is 1.00 bits per heavy atom. The lowest BCUT2D eigenvalue weighted by atomic mass is 10.1. The number of carbonyl (C=O) groups excluding carboxylic acids is 2. The van der Waals surface area contributed by atoms with Gasteiger partial charge in [-0.25, -0.2) is 13.2 Å². The van der Waals surface area contributed by atoms with Gasteiger partial charge in [-0.15, -0.1) is 11.3 Å². The molecule has 3 N–H and O–H groups in total. The fourth-order valence-corrected chi connectivity index (χ4v) is 5.75. The number of aromatic hydroxyl groups is 1. The van der Waals surface area contributed by atoms with E-state index < -0.39 is 34.3 Å². The molecule has 184 valence electrons. The van der Waals surface area contributed by atoms with Crippen LogP contribution in [0.4, 0.5) is 17.1 Å². The highest BCUT2D eigenvalue weighted by Crippen LogP contribution is 2.26. The van der Waals surface area contributed by atoms with Crippen molar-refractivity contribution in [2.24, 2.45) is 0 Å². The fourth-order valence-electron chi connectivity index (χ4n) is 3.70. The van der Waals surface area contributed by atoms with E-state index in [1.165, 1.54) is 37.5 Å². The Morgan fingerprint density at radius 3 is 2.37 bits per heavy atom. The van der Waals surface area contributed by atoms with Crippen LogP contribution in [-0.2, 0) is 19.6 Å². The number of rotatable bonds is 8. The summed E-state index contributed by atoms with van der Waals surface area (Å²) >= 11 is 1.05. The van der Waals surface area contributed by atoms with Crippen LogP contribution in [0, 0.1) is 0 Å². The van der Waals surface area contributed by atoms with Gasteiger partial charge in [-0.3, -0.25) is 9.52 Å². The summed E-state index contributed by atoms with van der Waals surface area (Å²) in [5.41, 5.74) is 1.57. The molecule has 1 amide bonds. The average Bonchev–Trinajstić information content (AvgIpc) is 3.40. The van der Waals surface area contributed by atoms with E-state index in [0.717, 1.165) is 36.2 Å². The van der Waals surface area contributed by atoms with Gasteiger partial charge < -0.3 is 20.1 Å². The molecule has 2 aromatic carbocycles. The quantitative estimate of drug-likeness (QED) is 0.387. The summed E-state index contributed by atoms with van der Waals surface area (Å²) in [5.74, 6) is -1.91. The molecule has 4 rings (SSSR count). The van der Waals surface area contributed by atoms with Crippen LogP contribution < -0.4 is 14.9 Å². The van der Waals surface area contributed by atoms with Crippen molar-refractivity contribution in [3.63, 3.8) is 0 Å². The number of amides is 1. The zero-order valence-electron chi connectivity index (χ0n) is 18.8. The van der Waals surface area contributed by atoms with Gasteiger partial charge in [0.05, 0.1) is 5.69 Å². The molecule has 1 aliphatic heterocycles. The molecular formula is C24H25N3O6S2. The van der Waals surface area contributed by atoms with Gasteiger partial charge in [-0.05, 0) is 67.1 Å². The van der Waals surface area contributed by atoms with Crippen molar-refractivity contribution in [2.45, 2.75) is 23.5 Å². The van der Waals surface area contributed by atoms with Crippen LogP contribution in [0.3, 0.4) is 0 Å². The summed E-state index contributed by atoms with van der Waals surface area (Å²) in [6, 6.07) is 14.2. The van der Waals surface area contributed by atoms with Gasteiger partial charge in [0.2, 0.25) is 0 Å². The highest BCUT2D eigenvalue weighted by molar-refractivity contribution is 7.94. The molecule has 1 fully saturated rings. The number of hydrogen-bond donors (Lipinski definition) is 3. The monoisotopic (exact) mass is 515 g/mol. The minimum absolute atomic E-state index is 0.0817. The predicted octanol–water partition coefficient (Wildman–Crippen LogP) is 4.04. The molecule has 1 aromatic heterocycles. The molecular weight excluding hydrogens is 490 g/mol. The lowest BCUT2D eigenvalue weighted by Crippen LogP contribution is -2.29. The molecule has 0 aliphatic carbocycles. The Morgan fingerprint density at radius 2 is 1.71 bits per heavy atom. The van der Waals surface area contributed by atoms with E-state index >= 15 is 0 Å². The predicted molar refractivity (Wildman–Crippen MR) is 135 cm³/mol. The maximum absolute atomic E-state index is 12.3. The molecule has 2 heterocycles. The second-order valence-electron chi connectivity index (χ2n) is 7.99. The van der Waals surface area contributed by atoms with Crippen LogP contribution in [0.2, 0.25) is 0 Å². The number of thiophene rings is 1. The van der Waals surface area contributed by atoms with E-state index in [9.17, 15) is 23.1 Å². The Kier molecular flexibility index (Phi) is 7.57. The molecule has 0 spiro atoms. The molecule has 0 unspecified atom stereocenters. The standard InChI is InChI=1S/C24H25N3O6S2/c28-21-15-18(26-35(31,32)23-5-4-14-34-23)8-11-20(21)24(30)33-16-22(29)25-17-6-9-19(10-7-17)27-12-2-1-3-13-27/h4-11,14-15,26,28H,1-3,12-13,16H2,(H,25,29). The van der Waals surface area contributed by atoms with Gasteiger partial charge in [0.1, 0.15) is 15.5 Å². The number of nitrogens with zero attached hydrogens (tertiary/aromatic N) is 1. The lowest BCUT2D eigenvalue weighted by Gasteiger charge is -2.28. The number of sulfonamides is 1. The zero-order valence-corrected chi connectivity index (χ0v) is 20.4. The summed E-state index contributed by atoms with van der Waals surface area (Å²) in [4.78, 5) is 26.8. The molecule has 0 bridgehead atoms. The summed E-state index contributed by atoms with van der Waals surface area (Å²) in [5, 5.41) is 14.5. The zero-order chi connectivity index (χ0) is 24.8. The molecule has 0 atom stereocenters. The average molecular weight is 516 g/mol. The van der Waals surface area contributed by atoms with E-state index in [-0.39, 0.29) is 15.5 Å². The third-order valence-corrected chi connectivity index (χ3v) is 8.22. The van der Waals surface area contributed by atoms with Crippen molar-refractivity contribution in [1.82, 2.24) is 0 Å². The van der Waals surface area contributed by atoms with Crippen molar-refractivity contribution in [3.8, 4) is 5.75 Å². The van der Waals surface area contributed by atoms with Gasteiger partial charge in [0.15, 0.2) is 6.61 Å². The molecule has 0 radical (unpaired) electrons. The first kappa shape index (κ1) is 24.6. The molecule has 0 saturated carbocycles. The topological polar surface area (TPSA) is 125 Å². The molecule has 11 heteroatoms. The highest BCUT2D eigenvalue weighted by atomic mass is 32.2. The third kappa shape index (κ3) is 6.31. The van der Waals surface area contributed by atoms with Crippen molar-refractivity contribution in [2.75, 3.05) is 34.6 Å². The summed E-state index contributed by atoms with van der Waals surface area (Å²) < 4.78 is 32.1. The maximum Gasteiger partial charge on any atom is 0.342 e. The normalized spacial score (nSPS) is 13.8. The number of nitrogens with one attached hydrogen (secondary N) is 2. The SMILES string of the molecule is O=C(COC(=O)c1ccc(NS(=O)(=O)c2cccs2)cc1O)Nc1ccc(N2CCCCC2)cc1. The Hall–Kier alpha value is -3.57. The van der Waals surface area contributed by atoms with Crippen molar-refractivity contribution in [3.05, 3.63) is 65.5 Å². The first-order chi connectivity index (χ1) is 16.8. The Balaban J connectivity index is 1.29. The van der Waals surface area contributed by atoms with Crippen LogP contribution in [0.5, 0.6) is 5.75 Å². The van der Waals surface area contributed by atoms with Gasteiger partial charge in [-0.2, -0.15) is 0 Å². The number of carbonyl (C=O) groups is 2. The summed E-state index contributed by atoms with van der Waals surface area (Å²) in [7, 11) is -3.79. The fraction of sp³-hybridized carbons (Fsp3) is 0.250. The van der Waals surface area contributed by atoms with Gasteiger partial charge >= 0.3 is 5.97 Å². The van der Waals surface area contributed by atoms with E-state index in [1.54, 1.807) is 23.6 Å². The minimum atomic E-state index is -3.79. The van der Waals surface area contributed by atoms with E-state index in [0.29, 0.717) is 5.69 Å². The number of phenols is 1. The van der Waals surface area contributed by atoms with Crippen LogP contribution in [0.25, 0.3) is 0 Å². The Bertz CT molecular complexity index is 1290. The molecule has 1 saturated heterocycles. The number of benzene rings is 2. The first-order valence-corrected chi connectivity index (χ1v) is 13.4. The van der Waals surface area contributed by atoms with E-state index in [4.69, 9.17) is 4.74 Å². The summed E-state index contributed by atoms with van der Waals surface area (Å²) in [6.07, 6.45) is 3.60. The van der Waals surface area contributed by atoms with Crippen LogP contribution in [0.15, 0.2) is 64.2 Å². The highest BCUT2D eigenvalue weighted by Gasteiger charge is 2.19. The number of anilines is 3. The molecule has 1 aliphatic rings. The number of esters is 1.